The topological polar surface area (TPSA) is 95.9 Å². The summed E-state index contributed by atoms with van der Waals surface area (Å²) in [5.74, 6) is -1.24. The number of hydrogen-bond acceptors (Lipinski definition) is 4. The van der Waals surface area contributed by atoms with Crippen LogP contribution in [0.1, 0.15) is 56.6 Å². The molecule has 1 aliphatic carbocycles. The zero-order chi connectivity index (χ0) is 24.9. The van der Waals surface area contributed by atoms with Crippen LogP contribution < -0.4 is 5.32 Å². The lowest BCUT2D eigenvalue weighted by Crippen LogP contribution is -2.49. The second-order valence-electron chi connectivity index (χ2n) is 9.76. The summed E-state index contributed by atoms with van der Waals surface area (Å²) in [6, 6.07) is 16.1. The van der Waals surface area contributed by atoms with Crippen molar-refractivity contribution in [1.29, 1.82) is 0 Å². The Morgan fingerprint density at radius 3 is 2.34 bits per heavy atom. The van der Waals surface area contributed by atoms with Crippen molar-refractivity contribution in [2.75, 3.05) is 19.7 Å². The van der Waals surface area contributed by atoms with E-state index in [1.54, 1.807) is 4.90 Å². The first-order valence-electron chi connectivity index (χ1n) is 12.5. The van der Waals surface area contributed by atoms with Crippen molar-refractivity contribution in [1.82, 2.24) is 10.2 Å². The molecule has 1 unspecified atom stereocenters. The predicted molar refractivity (Wildman–Crippen MR) is 133 cm³/mol. The molecule has 1 heterocycles. The Morgan fingerprint density at radius 1 is 1.09 bits per heavy atom. The summed E-state index contributed by atoms with van der Waals surface area (Å²) in [7, 11) is 0. The maximum Gasteiger partial charge on any atom is 0.407 e. The number of benzene rings is 2. The summed E-state index contributed by atoms with van der Waals surface area (Å²) in [4.78, 5) is 38.2. The fourth-order valence-electron chi connectivity index (χ4n) is 5.35. The van der Waals surface area contributed by atoms with E-state index in [-0.39, 0.29) is 30.4 Å². The Morgan fingerprint density at radius 2 is 1.71 bits per heavy atom. The van der Waals surface area contributed by atoms with Gasteiger partial charge in [0.2, 0.25) is 5.91 Å². The minimum Gasteiger partial charge on any atom is -0.481 e. The van der Waals surface area contributed by atoms with Gasteiger partial charge in [0.05, 0.1) is 5.92 Å². The van der Waals surface area contributed by atoms with Crippen molar-refractivity contribution in [2.45, 2.75) is 51.5 Å². The zero-order valence-corrected chi connectivity index (χ0v) is 20.4. The summed E-state index contributed by atoms with van der Waals surface area (Å²) in [6.45, 7) is 5.09. The number of likely N-dealkylation sites (tertiary alicyclic amines) is 1. The average molecular weight is 479 g/mol. The Balaban J connectivity index is 1.22. The Hall–Kier alpha value is -3.35. The number of carboxylic acid groups (broad SMARTS) is 1. The summed E-state index contributed by atoms with van der Waals surface area (Å²) in [5, 5.41) is 12.2. The average Bonchev–Trinajstić information content (AvgIpc) is 3.18. The van der Waals surface area contributed by atoms with Gasteiger partial charge in [-0.2, -0.15) is 0 Å². The summed E-state index contributed by atoms with van der Waals surface area (Å²) in [5.41, 5.74) is 4.72. The molecule has 35 heavy (non-hydrogen) atoms. The molecule has 0 radical (unpaired) electrons. The Labute approximate surface area is 206 Å². The fourth-order valence-corrected chi connectivity index (χ4v) is 5.35. The highest BCUT2D eigenvalue weighted by molar-refractivity contribution is 5.79. The number of amides is 2. The number of carbonyl (C=O) groups excluding carboxylic acids is 2. The Bertz CT molecular complexity index is 1040. The van der Waals surface area contributed by atoms with Gasteiger partial charge in [0.25, 0.3) is 0 Å². The van der Waals surface area contributed by atoms with Crippen LogP contribution in [0.5, 0.6) is 0 Å². The molecule has 1 aliphatic heterocycles. The molecule has 4 rings (SSSR count). The number of carboxylic acids is 1. The quantitative estimate of drug-likeness (QED) is 0.576. The first-order valence-corrected chi connectivity index (χ1v) is 12.5. The molecule has 2 aliphatic rings. The minimum atomic E-state index is -0.837. The summed E-state index contributed by atoms with van der Waals surface area (Å²) in [6.07, 6.45) is 1.82. The van der Waals surface area contributed by atoms with E-state index in [1.807, 2.05) is 38.1 Å². The van der Waals surface area contributed by atoms with Crippen LogP contribution in [0.25, 0.3) is 11.1 Å². The number of nitrogens with one attached hydrogen (secondary N) is 1. The SMILES string of the molecule is CC(CCC(=O)N1CCC[C@H](C(=O)O)[C@@H]1C)CNC(=O)OCC1c2ccccc2-c2ccccc21. The standard InChI is InChI=1S/C28H34N2O5/c1-18(13-14-26(31)30-15-7-12-20(19(30)2)27(32)33)16-29-28(34)35-17-25-23-10-5-3-8-21(23)22-9-4-6-11-24(22)25/h3-6,8-11,18-20,25H,7,12-17H2,1-2H3,(H,29,34)(H,32,33)/t18?,19-,20-/m0/s1. The molecule has 7 nitrogen and oxygen atoms in total. The van der Waals surface area contributed by atoms with Crippen LogP contribution in [0.3, 0.4) is 0 Å². The number of hydrogen-bond donors (Lipinski definition) is 2. The van der Waals surface area contributed by atoms with Crippen molar-refractivity contribution in [2.24, 2.45) is 11.8 Å². The summed E-state index contributed by atoms with van der Waals surface area (Å²) < 4.78 is 5.58. The van der Waals surface area contributed by atoms with Crippen LogP contribution in [-0.4, -0.2) is 53.7 Å². The molecule has 2 aromatic carbocycles. The molecular weight excluding hydrogens is 444 g/mol. The van der Waals surface area contributed by atoms with Crippen molar-refractivity contribution in [3.8, 4) is 11.1 Å². The molecule has 186 valence electrons. The molecule has 7 heteroatoms. The van der Waals surface area contributed by atoms with Crippen molar-refractivity contribution < 1.29 is 24.2 Å². The van der Waals surface area contributed by atoms with E-state index >= 15 is 0 Å². The second-order valence-corrected chi connectivity index (χ2v) is 9.76. The normalized spacial score (nSPS) is 20.0. The molecule has 2 aromatic rings. The van der Waals surface area contributed by atoms with Crippen LogP contribution in [0, 0.1) is 11.8 Å². The zero-order valence-electron chi connectivity index (χ0n) is 20.4. The van der Waals surface area contributed by atoms with Gasteiger partial charge in [-0.05, 0) is 54.4 Å². The third-order valence-corrected chi connectivity index (χ3v) is 7.42. The number of aliphatic carboxylic acids is 1. The molecular formula is C28H34N2O5. The molecule has 0 saturated carbocycles. The molecule has 0 bridgehead atoms. The van der Waals surface area contributed by atoms with Crippen molar-refractivity contribution in [3.63, 3.8) is 0 Å². The second kappa shape index (κ2) is 10.9. The Kier molecular flexibility index (Phi) is 7.73. The van der Waals surface area contributed by atoms with E-state index in [4.69, 9.17) is 4.74 Å². The van der Waals surface area contributed by atoms with Gasteiger partial charge in [-0.15, -0.1) is 0 Å². The monoisotopic (exact) mass is 478 g/mol. The van der Waals surface area contributed by atoms with Crippen LogP contribution in [0.4, 0.5) is 4.79 Å². The lowest BCUT2D eigenvalue weighted by Gasteiger charge is -2.37. The van der Waals surface area contributed by atoms with E-state index in [9.17, 15) is 19.5 Å². The third kappa shape index (κ3) is 5.50. The highest BCUT2D eigenvalue weighted by Crippen LogP contribution is 2.44. The van der Waals surface area contributed by atoms with E-state index in [0.717, 1.165) is 0 Å². The molecule has 1 fully saturated rings. The number of ether oxygens (including phenoxy) is 1. The van der Waals surface area contributed by atoms with Crippen LogP contribution >= 0.6 is 0 Å². The van der Waals surface area contributed by atoms with Gasteiger partial charge in [0, 0.05) is 31.5 Å². The van der Waals surface area contributed by atoms with Gasteiger partial charge < -0.3 is 20.1 Å². The number of carbonyl (C=O) groups is 3. The first kappa shape index (κ1) is 24.8. The van der Waals surface area contributed by atoms with Gasteiger partial charge in [0.1, 0.15) is 6.61 Å². The predicted octanol–water partition coefficient (Wildman–Crippen LogP) is 4.65. The molecule has 2 amide bonds. The maximum absolute atomic E-state index is 12.7. The summed E-state index contributed by atoms with van der Waals surface area (Å²) >= 11 is 0. The van der Waals surface area contributed by atoms with Crippen LogP contribution in [0.15, 0.2) is 48.5 Å². The fraction of sp³-hybridized carbons (Fsp3) is 0.464. The van der Waals surface area contributed by atoms with Crippen LogP contribution in [-0.2, 0) is 14.3 Å². The van der Waals surface area contributed by atoms with Crippen molar-refractivity contribution in [3.05, 3.63) is 59.7 Å². The molecule has 2 N–H and O–H groups in total. The first-order chi connectivity index (χ1) is 16.9. The highest BCUT2D eigenvalue weighted by atomic mass is 16.5. The number of piperidine rings is 1. The molecule has 0 aromatic heterocycles. The lowest BCUT2D eigenvalue weighted by molar-refractivity contribution is -0.149. The molecule has 3 atom stereocenters. The van der Waals surface area contributed by atoms with Crippen LogP contribution in [0.2, 0.25) is 0 Å². The smallest absolute Gasteiger partial charge is 0.407 e. The van der Waals surface area contributed by atoms with Gasteiger partial charge >= 0.3 is 12.1 Å². The minimum absolute atomic E-state index is 0.0172. The van der Waals surface area contributed by atoms with Gasteiger partial charge in [-0.25, -0.2) is 4.79 Å². The number of nitrogens with zero attached hydrogens (tertiary/aromatic N) is 1. The maximum atomic E-state index is 12.7. The number of alkyl carbamates (subject to hydrolysis) is 1. The molecule has 0 spiro atoms. The third-order valence-electron chi connectivity index (χ3n) is 7.42. The molecule has 1 saturated heterocycles. The van der Waals surface area contributed by atoms with Gasteiger partial charge in [-0.1, -0.05) is 55.5 Å². The highest BCUT2D eigenvalue weighted by Gasteiger charge is 2.35. The van der Waals surface area contributed by atoms with E-state index in [2.05, 4.69) is 29.6 Å². The largest absolute Gasteiger partial charge is 0.481 e. The van der Waals surface area contributed by atoms with E-state index in [0.29, 0.717) is 38.8 Å². The lowest BCUT2D eigenvalue weighted by atomic mass is 9.90. The van der Waals surface area contributed by atoms with E-state index in [1.165, 1.54) is 22.3 Å². The van der Waals surface area contributed by atoms with Crippen molar-refractivity contribution >= 4 is 18.0 Å². The van der Waals surface area contributed by atoms with Gasteiger partial charge in [-0.3, -0.25) is 9.59 Å². The number of fused-ring (bicyclic) bond motifs is 3. The van der Waals surface area contributed by atoms with Gasteiger partial charge in [0.15, 0.2) is 0 Å². The number of rotatable bonds is 8. The van der Waals surface area contributed by atoms with E-state index < -0.39 is 18.0 Å².